The second-order valence-electron chi connectivity index (χ2n) is 6.32. The highest BCUT2D eigenvalue weighted by molar-refractivity contribution is 6.05. The van der Waals surface area contributed by atoms with Gasteiger partial charge in [0, 0.05) is 36.5 Å². The molecule has 1 aromatic carbocycles. The molecular formula is C16H18N4O5. The molecule has 3 heterocycles. The van der Waals surface area contributed by atoms with Gasteiger partial charge in [0.25, 0.3) is 11.6 Å². The van der Waals surface area contributed by atoms with E-state index >= 15 is 0 Å². The fourth-order valence-electron chi connectivity index (χ4n) is 3.49. The van der Waals surface area contributed by atoms with E-state index in [-0.39, 0.29) is 29.5 Å². The molecule has 1 unspecified atom stereocenters. The summed E-state index contributed by atoms with van der Waals surface area (Å²) in [4.78, 5) is 25.1. The Balaban J connectivity index is 1.58. The van der Waals surface area contributed by atoms with E-state index in [0.29, 0.717) is 37.2 Å². The van der Waals surface area contributed by atoms with E-state index in [1.54, 1.807) is 11.0 Å². The number of hydrogen-bond donors (Lipinski definition) is 1. The summed E-state index contributed by atoms with van der Waals surface area (Å²) in [6, 6.07) is 4.34. The van der Waals surface area contributed by atoms with Gasteiger partial charge in [0.2, 0.25) is 0 Å². The average molecular weight is 346 g/mol. The molecule has 9 heteroatoms. The summed E-state index contributed by atoms with van der Waals surface area (Å²) in [5.41, 5.74) is 0.754. The number of likely N-dealkylation sites (tertiary alicyclic amines) is 1. The van der Waals surface area contributed by atoms with Crippen molar-refractivity contribution in [1.82, 2.24) is 15.1 Å². The number of carbonyl (C=O) groups excluding carboxylic acids is 1. The van der Waals surface area contributed by atoms with Gasteiger partial charge in [0.15, 0.2) is 12.0 Å². The number of rotatable bonds is 3. The molecule has 2 fully saturated rings. The summed E-state index contributed by atoms with van der Waals surface area (Å²) in [7, 11) is 0. The van der Waals surface area contributed by atoms with Crippen LogP contribution >= 0.6 is 0 Å². The number of H-pyrrole nitrogens is 1. The molecule has 0 radical (unpaired) electrons. The molecule has 4 rings (SSSR count). The highest BCUT2D eigenvalue weighted by atomic mass is 16.7. The average Bonchev–Trinajstić information content (AvgIpc) is 3.30. The van der Waals surface area contributed by atoms with E-state index in [1.165, 1.54) is 12.1 Å². The van der Waals surface area contributed by atoms with Crippen molar-refractivity contribution in [3.8, 4) is 0 Å². The minimum Gasteiger partial charge on any atom is -0.350 e. The molecule has 2 aliphatic heterocycles. The number of hydrogen-bond acceptors (Lipinski definition) is 6. The van der Waals surface area contributed by atoms with Crippen LogP contribution < -0.4 is 0 Å². The van der Waals surface area contributed by atoms with E-state index in [0.717, 1.165) is 12.8 Å². The minimum atomic E-state index is -0.480. The summed E-state index contributed by atoms with van der Waals surface area (Å²) >= 11 is 0. The van der Waals surface area contributed by atoms with Gasteiger partial charge in [0.1, 0.15) is 0 Å². The molecule has 0 spiro atoms. The fraction of sp³-hybridized carbons (Fsp3) is 0.500. The van der Waals surface area contributed by atoms with Crippen LogP contribution in [0.5, 0.6) is 0 Å². The Bertz CT molecular complexity index is 814. The summed E-state index contributed by atoms with van der Waals surface area (Å²) in [5, 5.41) is 18.3. The zero-order valence-corrected chi connectivity index (χ0v) is 13.5. The topological polar surface area (TPSA) is 111 Å². The Morgan fingerprint density at radius 1 is 1.36 bits per heavy atom. The van der Waals surface area contributed by atoms with E-state index in [4.69, 9.17) is 9.47 Å². The van der Waals surface area contributed by atoms with Crippen LogP contribution in [-0.2, 0) is 9.47 Å². The molecular weight excluding hydrogens is 328 g/mol. The van der Waals surface area contributed by atoms with Crippen molar-refractivity contribution in [3.05, 3.63) is 34.0 Å². The van der Waals surface area contributed by atoms with Crippen molar-refractivity contribution in [2.75, 3.05) is 26.3 Å². The van der Waals surface area contributed by atoms with Crippen molar-refractivity contribution in [2.24, 2.45) is 5.92 Å². The Hall–Kier alpha value is -2.52. The predicted octanol–water partition coefficient (Wildman–Crippen LogP) is 1.70. The van der Waals surface area contributed by atoms with Gasteiger partial charge in [-0.3, -0.25) is 20.0 Å². The van der Waals surface area contributed by atoms with Gasteiger partial charge < -0.3 is 14.4 Å². The molecule has 2 aliphatic rings. The first-order valence-corrected chi connectivity index (χ1v) is 8.28. The number of nitro benzene ring substituents is 1. The van der Waals surface area contributed by atoms with Gasteiger partial charge in [-0.05, 0) is 18.9 Å². The molecule has 9 nitrogen and oxygen atoms in total. The predicted molar refractivity (Wildman–Crippen MR) is 87.1 cm³/mol. The second-order valence-corrected chi connectivity index (χ2v) is 6.32. The van der Waals surface area contributed by atoms with E-state index in [9.17, 15) is 14.9 Å². The van der Waals surface area contributed by atoms with Gasteiger partial charge in [0.05, 0.1) is 23.7 Å². The van der Waals surface area contributed by atoms with Crippen molar-refractivity contribution in [1.29, 1.82) is 0 Å². The van der Waals surface area contributed by atoms with Gasteiger partial charge in [-0.1, -0.05) is 0 Å². The Morgan fingerprint density at radius 3 is 2.92 bits per heavy atom. The van der Waals surface area contributed by atoms with Gasteiger partial charge in [-0.2, -0.15) is 5.10 Å². The number of benzene rings is 1. The quantitative estimate of drug-likeness (QED) is 0.669. The maximum Gasteiger partial charge on any atom is 0.275 e. The standard InChI is InChI=1S/C16H18N4O5/c21-15(19-5-1-2-10(9-19)16-24-6-7-25-16)14-12-8-11(20(22)23)3-4-13(12)17-18-14/h3-4,8,10,16H,1-2,5-7,9H2,(H,17,18). The molecule has 0 aliphatic carbocycles. The SMILES string of the molecule is O=C(c1n[nH]c2ccc([N+](=O)[O-])cc12)N1CCCC(C2OCCO2)C1. The smallest absolute Gasteiger partial charge is 0.275 e. The summed E-state index contributed by atoms with van der Waals surface area (Å²) in [5.74, 6) is -0.0887. The lowest BCUT2D eigenvalue weighted by Crippen LogP contribution is -2.44. The molecule has 0 bridgehead atoms. The number of amides is 1. The molecule has 25 heavy (non-hydrogen) atoms. The lowest BCUT2D eigenvalue weighted by Gasteiger charge is -2.34. The van der Waals surface area contributed by atoms with Crippen molar-refractivity contribution in [3.63, 3.8) is 0 Å². The molecule has 132 valence electrons. The summed E-state index contributed by atoms with van der Waals surface area (Å²) in [6.45, 7) is 2.34. The first-order chi connectivity index (χ1) is 12.1. The number of aromatic amines is 1. The number of carbonyl (C=O) groups is 1. The lowest BCUT2D eigenvalue weighted by molar-refractivity contribution is -0.384. The first kappa shape index (κ1) is 16.0. The monoisotopic (exact) mass is 346 g/mol. The first-order valence-electron chi connectivity index (χ1n) is 8.28. The molecule has 1 N–H and O–H groups in total. The number of nitro groups is 1. The lowest BCUT2D eigenvalue weighted by atomic mass is 9.97. The van der Waals surface area contributed by atoms with Gasteiger partial charge >= 0.3 is 0 Å². The second kappa shape index (κ2) is 6.41. The van der Waals surface area contributed by atoms with Crippen molar-refractivity contribution >= 4 is 22.5 Å². The Morgan fingerprint density at radius 2 is 2.16 bits per heavy atom. The normalized spacial score (nSPS) is 21.8. The number of nitrogens with one attached hydrogen (secondary N) is 1. The van der Waals surface area contributed by atoms with E-state index in [2.05, 4.69) is 10.2 Å². The third-order valence-electron chi connectivity index (χ3n) is 4.74. The Kier molecular flexibility index (Phi) is 4.10. The van der Waals surface area contributed by atoms with Crippen molar-refractivity contribution < 1.29 is 19.2 Å². The summed E-state index contributed by atoms with van der Waals surface area (Å²) in [6.07, 6.45) is 1.55. The van der Waals surface area contributed by atoms with Crippen LogP contribution in [0.2, 0.25) is 0 Å². The highest BCUT2D eigenvalue weighted by Gasteiger charge is 2.34. The molecule has 0 saturated carbocycles. The van der Waals surface area contributed by atoms with Crippen LogP contribution in [0.3, 0.4) is 0 Å². The van der Waals surface area contributed by atoms with Crippen LogP contribution in [0.4, 0.5) is 5.69 Å². The number of fused-ring (bicyclic) bond motifs is 1. The number of aromatic nitrogens is 2. The Labute approximate surface area is 143 Å². The zero-order chi connectivity index (χ0) is 17.4. The summed E-state index contributed by atoms with van der Waals surface area (Å²) < 4.78 is 11.1. The minimum absolute atomic E-state index is 0.0628. The van der Waals surface area contributed by atoms with Crippen LogP contribution in [-0.4, -0.2) is 58.5 Å². The number of ether oxygens (including phenoxy) is 2. The number of non-ortho nitro benzene ring substituents is 1. The largest absolute Gasteiger partial charge is 0.350 e. The molecule has 1 aromatic heterocycles. The maximum absolute atomic E-state index is 12.9. The van der Waals surface area contributed by atoms with Crippen LogP contribution in [0.25, 0.3) is 10.9 Å². The van der Waals surface area contributed by atoms with Crippen LogP contribution in [0, 0.1) is 16.0 Å². The molecule has 2 aromatic rings. The molecule has 1 amide bonds. The zero-order valence-electron chi connectivity index (χ0n) is 13.5. The number of nitrogens with zero attached hydrogens (tertiary/aromatic N) is 3. The number of piperidine rings is 1. The van der Waals surface area contributed by atoms with Crippen LogP contribution in [0.1, 0.15) is 23.3 Å². The highest BCUT2D eigenvalue weighted by Crippen LogP contribution is 2.28. The molecule has 1 atom stereocenters. The van der Waals surface area contributed by atoms with Gasteiger partial charge in [-0.25, -0.2) is 0 Å². The third-order valence-corrected chi connectivity index (χ3v) is 4.74. The fourth-order valence-corrected chi connectivity index (χ4v) is 3.49. The van der Waals surface area contributed by atoms with Crippen molar-refractivity contribution in [2.45, 2.75) is 19.1 Å². The van der Waals surface area contributed by atoms with E-state index in [1.807, 2.05) is 0 Å². The van der Waals surface area contributed by atoms with Crippen LogP contribution in [0.15, 0.2) is 18.2 Å². The molecule has 2 saturated heterocycles. The van der Waals surface area contributed by atoms with Gasteiger partial charge in [-0.15, -0.1) is 0 Å². The van der Waals surface area contributed by atoms with E-state index < -0.39 is 4.92 Å². The maximum atomic E-state index is 12.9. The third kappa shape index (κ3) is 2.96.